The van der Waals surface area contributed by atoms with Crippen LogP contribution in [0.15, 0.2) is 6.33 Å². The molecule has 0 radical (unpaired) electrons. The Morgan fingerprint density at radius 1 is 1.40 bits per heavy atom. The van der Waals surface area contributed by atoms with Crippen LogP contribution < -0.4 is 16.4 Å². The van der Waals surface area contributed by atoms with E-state index >= 15 is 0 Å². The number of anilines is 2. The van der Waals surface area contributed by atoms with Gasteiger partial charge in [0.2, 0.25) is 11.9 Å². The van der Waals surface area contributed by atoms with Crippen LogP contribution in [0.1, 0.15) is 19.3 Å². The highest BCUT2D eigenvalue weighted by atomic mass is 16.1. The first-order valence-corrected chi connectivity index (χ1v) is 6.63. The summed E-state index contributed by atoms with van der Waals surface area (Å²) in [5.41, 5.74) is 12.3. The Labute approximate surface area is 115 Å². The largest absolute Gasteiger partial charge is 0.370 e. The number of amides is 1. The first kappa shape index (κ1) is 12.6. The van der Waals surface area contributed by atoms with Crippen LogP contribution in [0.4, 0.5) is 11.8 Å². The van der Waals surface area contributed by atoms with Gasteiger partial charge in [0.15, 0.2) is 11.5 Å². The molecule has 106 valence electrons. The Hall–Kier alpha value is -2.38. The summed E-state index contributed by atoms with van der Waals surface area (Å²) in [5, 5.41) is 0. The van der Waals surface area contributed by atoms with Gasteiger partial charge in [0.1, 0.15) is 5.52 Å². The number of nitrogens with one attached hydrogen (secondary N) is 1. The third-order valence-electron chi connectivity index (χ3n) is 3.69. The summed E-state index contributed by atoms with van der Waals surface area (Å²) in [5.74, 6) is 1.13. The lowest BCUT2D eigenvalue weighted by molar-refractivity contribution is -0.119. The minimum Gasteiger partial charge on any atom is -0.370 e. The fourth-order valence-electron chi connectivity index (χ4n) is 2.70. The number of nitrogens with two attached hydrogens (primary N) is 2. The smallest absolute Gasteiger partial charge is 0.224 e. The molecule has 1 aliphatic heterocycles. The Morgan fingerprint density at radius 2 is 2.15 bits per heavy atom. The monoisotopic (exact) mass is 275 g/mol. The summed E-state index contributed by atoms with van der Waals surface area (Å²) in [7, 11) is 0. The van der Waals surface area contributed by atoms with E-state index in [0.29, 0.717) is 18.0 Å². The van der Waals surface area contributed by atoms with E-state index < -0.39 is 0 Å². The van der Waals surface area contributed by atoms with E-state index in [9.17, 15) is 4.79 Å². The van der Waals surface area contributed by atoms with Crippen molar-refractivity contribution in [3.05, 3.63) is 6.33 Å². The number of nitrogen functional groups attached to an aromatic ring is 1. The van der Waals surface area contributed by atoms with Crippen molar-refractivity contribution in [2.75, 3.05) is 23.7 Å². The van der Waals surface area contributed by atoms with Gasteiger partial charge < -0.3 is 21.4 Å². The number of carbonyl (C=O) groups excluding carboxylic acids is 1. The van der Waals surface area contributed by atoms with Crippen molar-refractivity contribution in [3.63, 3.8) is 0 Å². The molecule has 2 aromatic heterocycles. The average Bonchev–Trinajstić information content (AvgIpc) is 2.86. The standard InChI is InChI=1S/C12H17N7O/c13-8(20)5-7-1-3-19(4-2-7)11-9-10(16-6-15-9)17-12(14)18-11/h6-7H,1-5H2,(H2,13,20)(H3,14,15,16,17,18). The fourth-order valence-corrected chi connectivity index (χ4v) is 2.70. The van der Waals surface area contributed by atoms with Gasteiger partial charge >= 0.3 is 0 Å². The second kappa shape index (κ2) is 4.95. The van der Waals surface area contributed by atoms with Gasteiger partial charge in [-0.2, -0.15) is 9.97 Å². The predicted octanol–water partition coefficient (Wildman–Crippen LogP) is 0.0269. The number of piperidine rings is 1. The Balaban J connectivity index is 1.79. The highest BCUT2D eigenvalue weighted by molar-refractivity contribution is 5.84. The lowest BCUT2D eigenvalue weighted by Gasteiger charge is -2.32. The number of aromatic nitrogens is 4. The molecular weight excluding hydrogens is 258 g/mol. The van der Waals surface area contributed by atoms with E-state index in [1.54, 1.807) is 6.33 Å². The number of primary amides is 1. The lowest BCUT2D eigenvalue weighted by Crippen LogP contribution is -2.35. The van der Waals surface area contributed by atoms with Crippen molar-refractivity contribution in [1.82, 2.24) is 19.9 Å². The highest BCUT2D eigenvalue weighted by Gasteiger charge is 2.23. The van der Waals surface area contributed by atoms with E-state index in [1.807, 2.05) is 0 Å². The third-order valence-corrected chi connectivity index (χ3v) is 3.69. The Bertz CT molecular complexity index is 630. The summed E-state index contributed by atoms with van der Waals surface area (Å²) in [4.78, 5) is 28.7. The van der Waals surface area contributed by atoms with Crippen molar-refractivity contribution in [2.45, 2.75) is 19.3 Å². The molecule has 20 heavy (non-hydrogen) atoms. The van der Waals surface area contributed by atoms with Crippen molar-refractivity contribution in [3.8, 4) is 0 Å². The number of rotatable bonds is 3. The third kappa shape index (κ3) is 2.36. The summed E-state index contributed by atoms with van der Waals surface area (Å²) in [6, 6.07) is 0. The molecule has 2 aromatic rings. The topological polar surface area (TPSA) is 127 Å². The van der Waals surface area contributed by atoms with Crippen LogP contribution in [0.25, 0.3) is 11.2 Å². The molecule has 0 aliphatic carbocycles. The maximum Gasteiger partial charge on any atom is 0.224 e. The van der Waals surface area contributed by atoms with E-state index in [1.165, 1.54) is 0 Å². The van der Waals surface area contributed by atoms with Gasteiger partial charge in [-0.05, 0) is 18.8 Å². The van der Waals surface area contributed by atoms with Gasteiger partial charge in [-0.3, -0.25) is 4.79 Å². The zero-order valence-corrected chi connectivity index (χ0v) is 11.0. The number of imidazole rings is 1. The minimum absolute atomic E-state index is 0.221. The van der Waals surface area contributed by atoms with Crippen LogP contribution in [-0.4, -0.2) is 38.9 Å². The zero-order chi connectivity index (χ0) is 14.1. The molecule has 3 rings (SSSR count). The first-order chi connectivity index (χ1) is 9.63. The minimum atomic E-state index is -0.231. The number of H-pyrrole nitrogens is 1. The molecule has 3 heterocycles. The Kier molecular flexibility index (Phi) is 3.13. The van der Waals surface area contributed by atoms with E-state index in [2.05, 4.69) is 24.8 Å². The van der Waals surface area contributed by atoms with Crippen LogP contribution in [0.5, 0.6) is 0 Å². The number of hydrogen-bond donors (Lipinski definition) is 3. The van der Waals surface area contributed by atoms with Crippen LogP contribution in [0, 0.1) is 5.92 Å². The van der Waals surface area contributed by atoms with Crippen LogP contribution in [0.2, 0.25) is 0 Å². The summed E-state index contributed by atoms with van der Waals surface area (Å²) >= 11 is 0. The maximum absolute atomic E-state index is 11.0. The quantitative estimate of drug-likeness (QED) is 0.725. The van der Waals surface area contributed by atoms with Gasteiger partial charge in [0.25, 0.3) is 0 Å². The molecule has 0 aromatic carbocycles. The molecule has 0 bridgehead atoms. The average molecular weight is 275 g/mol. The molecule has 1 aliphatic rings. The fraction of sp³-hybridized carbons (Fsp3) is 0.500. The summed E-state index contributed by atoms with van der Waals surface area (Å²) in [6.07, 6.45) is 3.88. The SMILES string of the molecule is NC(=O)CC1CCN(c2nc(N)nc3nc[nH]c23)CC1. The van der Waals surface area contributed by atoms with E-state index in [-0.39, 0.29) is 11.9 Å². The molecular formula is C12H17N7O. The maximum atomic E-state index is 11.0. The zero-order valence-electron chi connectivity index (χ0n) is 11.0. The van der Waals surface area contributed by atoms with Crippen LogP contribution >= 0.6 is 0 Å². The molecule has 0 spiro atoms. The van der Waals surface area contributed by atoms with Gasteiger partial charge in [0, 0.05) is 19.5 Å². The van der Waals surface area contributed by atoms with Gasteiger partial charge in [-0.1, -0.05) is 0 Å². The molecule has 1 fully saturated rings. The van der Waals surface area contributed by atoms with Crippen LogP contribution in [0.3, 0.4) is 0 Å². The van der Waals surface area contributed by atoms with Gasteiger partial charge in [0.05, 0.1) is 6.33 Å². The number of carbonyl (C=O) groups is 1. The van der Waals surface area contributed by atoms with Crippen molar-refractivity contribution < 1.29 is 4.79 Å². The van der Waals surface area contributed by atoms with Crippen molar-refractivity contribution in [1.29, 1.82) is 0 Å². The number of fused-ring (bicyclic) bond motifs is 1. The molecule has 5 N–H and O–H groups in total. The van der Waals surface area contributed by atoms with Crippen molar-refractivity contribution in [2.24, 2.45) is 11.7 Å². The van der Waals surface area contributed by atoms with E-state index in [4.69, 9.17) is 11.5 Å². The first-order valence-electron chi connectivity index (χ1n) is 6.63. The normalized spacial score (nSPS) is 16.7. The molecule has 0 saturated carbocycles. The second-order valence-electron chi connectivity index (χ2n) is 5.11. The number of nitrogens with zero attached hydrogens (tertiary/aromatic N) is 4. The number of hydrogen-bond acceptors (Lipinski definition) is 6. The van der Waals surface area contributed by atoms with Gasteiger partial charge in [-0.25, -0.2) is 4.98 Å². The second-order valence-corrected chi connectivity index (χ2v) is 5.11. The molecule has 1 saturated heterocycles. The Morgan fingerprint density at radius 3 is 2.85 bits per heavy atom. The lowest BCUT2D eigenvalue weighted by atomic mass is 9.93. The predicted molar refractivity (Wildman–Crippen MR) is 74.8 cm³/mol. The molecule has 1 amide bonds. The van der Waals surface area contributed by atoms with Gasteiger partial charge in [-0.15, -0.1) is 0 Å². The summed E-state index contributed by atoms with van der Waals surface area (Å²) < 4.78 is 0. The van der Waals surface area contributed by atoms with Crippen LogP contribution in [-0.2, 0) is 4.79 Å². The summed E-state index contributed by atoms with van der Waals surface area (Å²) in [6.45, 7) is 1.64. The van der Waals surface area contributed by atoms with E-state index in [0.717, 1.165) is 37.3 Å². The highest BCUT2D eigenvalue weighted by Crippen LogP contribution is 2.27. The van der Waals surface area contributed by atoms with Crippen molar-refractivity contribution >= 4 is 28.8 Å². The molecule has 8 heteroatoms. The number of aromatic amines is 1. The molecule has 0 unspecified atom stereocenters. The molecule has 0 atom stereocenters. The molecule has 8 nitrogen and oxygen atoms in total.